The normalized spacial score (nSPS) is 15.3. The van der Waals surface area contributed by atoms with Crippen LogP contribution in [0.4, 0.5) is 5.69 Å². The molecule has 44 heavy (non-hydrogen) atoms. The van der Waals surface area contributed by atoms with E-state index >= 15 is 0 Å². The van der Waals surface area contributed by atoms with Crippen molar-refractivity contribution in [2.45, 2.75) is 33.0 Å². The number of hydrogen-bond donors (Lipinski definition) is 3. The average molecular weight is 602 g/mol. The Morgan fingerprint density at radius 2 is 1.70 bits per heavy atom. The number of ether oxygens (including phenoxy) is 2. The van der Waals surface area contributed by atoms with Gasteiger partial charge in [0.05, 0.1) is 57.8 Å². The number of anilines is 1. The first-order valence-corrected chi connectivity index (χ1v) is 15.4. The molecule has 2 aromatic carbocycles. The van der Waals surface area contributed by atoms with Gasteiger partial charge >= 0.3 is 0 Å². The maximum Gasteiger partial charge on any atom is 0.221 e. The fourth-order valence-corrected chi connectivity index (χ4v) is 6.07. The van der Waals surface area contributed by atoms with Crippen molar-refractivity contribution in [2.24, 2.45) is 0 Å². The van der Waals surface area contributed by atoms with Crippen LogP contribution < -0.4 is 19.7 Å². The van der Waals surface area contributed by atoms with Gasteiger partial charge in [-0.2, -0.15) is 10.2 Å². The van der Waals surface area contributed by atoms with E-state index in [1.165, 1.54) is 0 Å². The average Bonchev–Trinajstić information content (AvgIpc) is 3.48. The molecule has 3 N–H and O–H groups in total. The summed E-state index contributed by atoms with van der Waals surface area (Å²) in [6, 6.07) is 14.4. The molecular weight excluding hydrogens is 558 g/mol. The van der Waals surface area contributed by atoms with Crippen LogP contribution in [0.3, 0.4) is 0 Å². The third-order valence-corrected chi connectivity index (χ3v) is 8.39. The van der Waals surface area contributed by atoms with E-state index in [1.807, 2.05) is 24.3 Å². The third kappa shape index (κ3) is 7.29. The monoisotopic (exact) mass is 601 g/mol. The maximum atomic E-state index is 10.2. The number of benzene rings is 2. The molecule has 11 heteroatoms. The van der Waals surface area contributed by atoms with E-state index in [4.69, 9.17) is 24.7 Å². The number of fused-ring (bicyclic) bond motifs is 1. The molecule has 1 fully saturated rings. The topological polar surface area (TPSA) is 130 Å². The van der Waals surface area contributed by atoms with Crippen LogP contribution >= 0.6 is 0 Å². The molecule has 2 aliphatic heterocycles. The Morgan fingerprint density at radius 3 is 2.43 bits per heavy atom. The van der Waals surface area contributed by atoms with Crippen LogP contribution in [-0.4, -0.2) is 103 Å². The van der Waals surface area contributed by atoms with Crippen molar-refractivity contribution < 1.29 is 19.7 Å². The number of hydrogen-bond acceptors (Lipinski definition) is 11. The van der Waals surface area contributed by atoms with Crippen LogP contribution in [0.25, 0.3) is 11.1 Å². The lowest BCUT2D eigenvalue weighted by Gasteiger charge is -2.34. The summed E-state index contributed by atoms with van der Waals surface area (Å²) in [5.41, 5.74) is 6.44. The number of nitrogens with zero attached hydrogens (tertiary/aromatic N) is 6. The lowest BCUT2D eigenvalue weighted by atomic mass is 9.94. The molecule has 0 atom stereocenters. The summed E-state index contributed by atoms with van der Waals surface area (Å²) in [7, 11) is 1.63. The number of piperazine rings is 1. The molecule has 5 rings (SSSR count). The molecule has 0 amide bonds. The Labute approximate surface area is 259 Å². The summed E-state index contributed by atoms with van der Waals surface area (Å²) in [6.45, 7) is 10.7. The zero-order chi connectivity index (χ0) is 30.9. The highest BCUT2D eigenvalue weighted by Crippen LogP contribution is 2.39. The van der Waals surface area contributed by atoms with E-state index in [0.29, 0.717) is 55.8 Å². The second-order valence-corrected chi connectivity index (χ2v) is 11.2. The first-order valence-electron chi connectivity index (χ1n) is 15.4. The van der Waals surface area contributed by atoms with Gasteiger partial charge in [-0.1, -0.05) is 24.3 Å². The molecule has 11 nitrogen and oxygen atoms in total. The van der Waals surface area contributed by atoms with Crippen molar-refractivity contribution in [1.29, 1.82) is 5.26 Å². The smallest absolute Gasteiger partial charge is 0.221 e. The van der Waals surface area contributed by atoms with Gasteiger partial charge in [-0.3, -0.25) is 4.90 Å². The number of aromatic nitrogens is 2. The summed E-state index contributed by atoms with van der Waals surface area (Å²) in [6.07, 6.45) is 0.880. The Kier molecular flexibility index (Phi) is 11.0. The Bertz CT molecular complexity index is 1450. The van der Waals surface area contributed by atoms with Gasteiger partial charge in [0, 0.05) is 57.1 Å². The summed E-state index contributed by atoms with van der Waals surface area (Å²) in [4.78, 5) is 16.4. The van der Waals surface area contributed by atoms with E-state index < -0.39 is 0 Å². The van der Waals surface area contributed by atoms with Crippen LogP contribution in [0.2, 0.25) is 0 Å². The van der Waals surface area contributed by atoms with Crippen molar-refractivity contribution in [3.63, 3.8) is 0 Å². The van der Waals surface area contributed by atoms with Gasteiger partial charge in [0.25, 0.3) is 0 Å². The van der Waals surface area contributed by atoms with Crippen molar-refractivity contribution >= 4 is 5.69 Å². The minimum atomic E-state index is 0.0547. The number of aliphatic hydroxyl groups is 2. The molecule has 2 aliphatic rings. The molecule has 1 saturated heterocycles. The second kappa shape index (κ2) is 15.3. The standard InChI is InChI=1S/C33H43N7O4/c1-24-25(6-3-8-30(24)40-22-28-29(23-40)36-32(21-35-10-17-41)37-33(28)43-2)26-7-4-9-31(27(26)20-34)44-19-5-11-38-12-14-39(15-13-38)16-18-42/h3-4,6-9,35,41-42H,5,10-19,21-23H2,1-2H3. The highest BCUT2D eigenvalue weighted by Gasteiger charge is 2.28. The fourth-order valence-electron chi connectivity index (χ4n) is 6.07. The molecule has 3 aromatic rings. The zero-order valence-corrected chi connectivity index (χ0v) is 25.8. The van der Waals surface area contributed by atoms with Crippen LogP contribution in [0.1, 0.15) is 34.6 Å². The predicted molar refractivity (Wildman–Crippen MR) is 169 cm³/mol. The molecule has 0 aliphatic carbocycles. The fraction of sp³-hybridized carbons (Fsp3) is 0.485. The number of nitriles is 1. The Morgan fingerprint density at radius 1 is 0.955 bits per heavy atom. The molecule has 0 saturated carbocycles. The number of β-amino-alcohol motifs (C(OH)–C–C–N with tert-alkyl or cyclic N) is 1. The number of rotatable bonds is 14. The third-order valence-electron chi connectivity index (χ3n) is 8.39. The number of methoxy groups -OCH3 is 1. The van der Waals surface area contributed by atoms with E-state index in [9.17, 15) is 5.26 Å². The van der Waals surface area contributed by atoms with Crippen molar-refractivity contribution in [1.82, 2.24) is 25.1 Å². The van der Waals surface area contributed by atoms with Gasteiger partial charge in [-0.15, -0.1) is 0 Å². The largest absolute Gasteiger partial charge is 0.492 e. The number of nitrogens with one attached hydrogen (secondary N) is 1. The van der Waals surface area contributed by atoms with Crippen molar-refractivity contribution in [2.75, 3.05) is 77.6 Å². The van der Waals surface area contributed by atoms with Crippen LogP contribution in [0.15, 0.2) is 36.4 Å². The molecule has 0 radical (unpaired) electrons. The lowest BCUT2D eigenvalue weighted by molar-refractivity contribution is 0.108. The minimum absolute atomic E-state index is 0.0547. The van der Waals surface area contributed by atoms with E-state index in [0.717, 1.165) is 79.3 Å². The van der Waals surface area contributed by atoms with Gasteiger partial charge in [0.1, 0.15) is 23.2 Å². The van der Waals surface area contributed by atoms with Gasteiger partial charge in [-0.05, 0) is 36.6 Å². The maximum absolute atomic E-state index is 10.2. The van der Waals surface area contributed by atoms with Crippen molar-refractivity contribution in [3.8, 4) is 28.8 Å². The summed E-state index contributed by atoms with van der Waals surface area (Å²) >= 11 is 0. The van der Waals surface area contributed by atoms with Gasteiger partial charge in [0.15, 0.2) is 0 Å². The second-order valence-electron chi connectivity index (χ2n) is 11.2. The SMILES string of the molecule is COc1nc(CNCCO)nc2c1CN(c1cccc(-c3cccc(OCCCN4CCN(CCO)CC4)c3C#N)c1C)C2. The van der Waals surface area contributed by atoms with Crippen LogP contribution in [0, 0.1) is 18.3 Å². The van der Waals surface area contributed by atoms with Gasteiger partial charge in [-0.25, -0.2) is 4.98 Å². The lowest BCUT2D eigenvalue weighted by Crippen LogP contribution is -2.47. The van der Waals surface area contributed by atoms with Gasteiger partial charge in [0.2, 0.25) is 5.88 Å². The quantitative estimate of drug-likeness (QED) is 0.235. The predicted octanol–water partition coefficient (Wildman–Crippen LogP) is 2.31. The van der Waals surface area contributed by atoms with E-state index in [2.05, 4.69) is 50.1 Å². The van der Waals surface area contributed by atoms with Gasteiger partial charge < -0.3 is 34.8 Å². The van der Waals surface area contributed by atoms with Crippen molar-refractivity contribution in [3.05, 3.63) is 64.6 Å². The summed E-state index contributed by atoms with van der Waals surface area (Å²) < 4.78 is 11.8. The molecule has 234 valence electrons. The highest BCUT2D eigenvalue weighted by atomic mass is 16.5. The highest BCUT2D eigenvalue weighted by molar-refractivity contribution is 5.80. The molecule has 0 bridgehead atoms. The molecule has 0 unspecified atom stereocenters. The Balaban J connectivity index is 1.27. The molecular formula is C33H43N7O4. The summed E-state index contributed by atoms with van der Waals surface area (Å²) in [5, 5.41) is 31.6. The molecule has 0 spiro atoms. The minimum Gasteiger partial charge on any atom is -0.492 e. The number of aliphatic hydroxyl groups excluding tert-OH is 2. The zero-order valence-electron chi connectivity index (χ0n) is 25.8. The van der Waals surface area contributed by atoms with Crippen LogP contribution in [0.5, 0.6) is 11.6 Å². The first kappa shape index (κ1) is 31.6. The first-order chi connectivity index (χ1) is 21.6. The van der Waals surface area contributed by atoms with E-state index in [-0.39, 0.29) is 13.2 Å². The summed E-state index contributed by atoms with van der Waals surface area (Å²) in [5.74, 6) is 1.82. The molecule has 1 aromatic heterocycles. The Hall–Kier alpha value is -3.79. The van der Waals surface area contributed by atoms with E-state index in [1.54, 1.807) is 7.11 Å². The van der Waals surface area contributed by atoms with Crippen LogP contribution in [-0.2, 0) is 19.6 Å². The molecule has 3 heterocycles.